The van der Waals surface area contributed by atoms with Gasteiger partial charge in [0.05, 0.1) is 12.0 Å². The van der Waals surface area contributed by atoms with Crippen molar-refractivity contribution in [1.82, 2.24) is 10.2 Å². The van der Waals surface area contributed by atoms with Gasteiger partial charge in [-0.3, -0.25) is 4.79 Å². The maximum Gasteiger partial charge on any atom is 0.318 e. The van der Waals surface area contributed by atoms with Gasteiger partial charge in [-0.05, 0) is 56.2 Å². The summed E-state index contributed by atoms with van der Waals surface area (Å²) in [7, 11) is 0. The van der Waals surface area contributed by atoms with Crippen molar-refractivity contribution in [2.75, 3.05) is 6.54 Å². The molecule has 1 heterocycles. The van der Waals surface area contributed by atoms with E-state index in [-0.39, 0.29) is 24.0 Å². The molecular weight excluding hydrogens is 328 g/mol. The van der Waals surface area contributed by atoms with Crippen LogP contribution in [0.4, 0.5) is 4.79 Å². The molecule has 0 radical (unpaired) electrons. The van der Waals surface area contributed by atoms with Crippen LogP contribution in [0.5, 0.6) is 0 Å². The quantitative estimate of drug-likeness (QED) is 0.870. The fourth-order valence-electron chi connectivity index (χ4n) is 3.78. The fourth-order valence-corrected chi connectivity index (χ4v) is 3.91. The lowest BCUT2D eigenvalue weighted by Gasteiger charge is -2.31. The van der Waals surface area contributed by atoms with Crippen LogP contribution in [0.25, 0.3) is 0 Å². The smallest absolute Gasteiger partial charge is 0.318 e. The molecule has 2 amide bonds. The third-order valence-corrected chi connectivity index (χ3v) is 5.42. The lowest BCUT2D eigenvalue weighted by Crippen LogP contribution is -2.46. The number of benzene rings is 1. The molecule has 2 N–H and O–H groups in total. The summed E-state index contributed by atoms with van der Waals surface area (Å²) in [5, 5.41) is 12.9. The number of nitrogens with one attached hydrogen (secondary N) is 1. The van der Waals surface area contributed by atoms with Gasteiger partial charge in [0, 0.05) is 17.6 Å². The Morgan fingerprint density at radius 3 is 2.38 bits per heavy atom. The van der Waals surface area contributed by atoms with Gasteiger partial charge in [0.25, 0.3) is 0 Å². The van der Waals surface area contributed by atoms with Gasteiger partial charge in [-0.25, -0.2) is 4.79 Å². The van der Waals surface area contributed by atoms with Gasteiger partial charge >= 0.3 is 12.0 Å². The molecule has 0 spiro atoms. The van der Waals surface area contributed by atoms with Gasteiger partial charge in [0.2, 0.25) is 0 Å². The highest BCUT2D eigenvalue weighted by atomic mass is 35.5. The molecule has 1 atom stereocenters. The number of hydrogen-bond acceptors (Lipinski definition) is 2. The standard InChI is InChI=1S/C18H23ClN2O3/c19-14-7-3-12(4-8-14)16-2-1-11-21(16)18(24)20-15-9-5-13(6-10-15)17(22)23/h3-4,7-8,13,15-16H,1-2,5-6,9-11H2,(H,20,24)(H,22,23). The van der Waals surface area contributed by atoms with Gasteiger partial charge in [-0.1, -0.05) is 23.7 Å². The summed E-state index contributed by atoms with van der Waals surface area (Å²) in [6.07, 6.45) is 4.71. The van der Waals surface area contributed by atoms with E-state index in [1.54, 1.807) is 0 Å². The highest BCUT2D eigenvalue weighted by Crippen LogP contribution is 2.33. The summed E-state index contributed by atoms with van der Waals surface area (Å²) in [5.74, 6) is -0.978. The van der Waals surface area contributed by atoms with Crippen LogP contribution in [0, 0.1) is 5.92 Å². The molecular formula is C18H23ClN2O3. The number of rotatable bonds is 3. The second-order valence-electron chi connectivity index (χ2n) is 6.74. The van der Waals surface area contributed by atoms with Gasteiger partial charge in [0.1, 0.15) is 0 Å². The lowest BCUT2D eigenvalue weighted by molar-refractivity contribution is -0.142. The normalized spacial score (nSPS) is 27.0. The SMILES string of the molecule is O=C(O)C1CCC(NC(=O)N2CCCC2c2ccc(Cl)cc2)CC1. The van der Waals surface area contributed by atoms with Crippen molar-refractivity contribution < 1.29 is 14.7 Å². The van der Waals surface area contributed by atoms with Crippen molar-refractivity contribution in [2.45, 2.75) is 50.6 Å². The maximum absolute atomic E-state index is 12.7. The topological polar surface area (TPSA) is 69.6 Å². The number of amides is 2. The van der Waals surface area contributed by atoms with Gasteiger partial charge in [0.15, 0.2) is 0 Å². The van der Waals surface area contributed by atoms with E-state index in [1.165, 1.54) is 0 Å². The van der Waals surface area contributed by atoms with Crippen LogP contribution in [0.2, 0.25) is 5.02 Å². The number of urea groups is 1. The number of carboxylic acid groups (broad SMARTS) is 1. The van der Waals surface area contributed by atoms with Crippen LogP contribution in [0.3, 0.4) is 0 Å². The molecule has 6 heteroatoms. The average molecular weight is 351 g/mol. The number of carboxylic acids is 1. The molecule has 1 unspecified atom stereocenters. The first kappa shape index (κ1) is 17.1. The number of carbonyl (C=O) groups is 2. The van der Waals surface area contributed by atoms with E-state index >= 15 is 0 Å². The first-order chi connectivity index (χ1) is 11.5. The van der Waals surface area contributed by atoms with Crippen molar-refractivity contribution in [3.05, 3.63) is 34.9 Å². The monoisotopic (exact) mass is 350 g/mol. The Bertz CT molecular complexity index is 597. The second-order valence-corrected chi connectivity index (χ2v) is 7.18. The van der Waals surface area contributed by atoms with Crippen molar-refractivity contribution in [1.29, 1.82) is 0 Å². The fraction of sp³-hybridized carbons (Fsp3) is 0.556. The van der Waals surface area contributed by atoms with Crippen molar-refractivity contribution in [3.63, 3.8) is 0 Å². The van der Waals surface area contributed by atoms with E-state index in [1.807, 2.05) is 29.2 Å². The van der Waals surface area contributed by atoms with E-state index < -0.39 is 5.97 Å². The summed E-state index contributed by atoms with van der Waals surface area (Å²) < 4.78 is 0. The number of aliphatic carboxylic acids is 1. The third kappa shape index (κ3) is 3.83. The highest BCUT2D eigenvalue weighted by molar-refractivity contribution is 6.30. The largest absolute Gasteiger partial charge is 0.481 e. The summed E-state index contributed by atoms with van der Waals surface area (Å²) in [6.45, 7) is 0.754. The molecule has 2 aliphatic rings. The van der Waals surface area contributed by atoms with Gasteiger partial charge in [-0.15, -0.1) is 0 Å². The van der Waals surface area contributed by atoms with Gasteiger partial charge in [-0.2, -0.15) is 0 Å². The number of likely N-dealkylation sites (tertiary alicyclic amines) is 1. The molecule has 1 saturated heterocycles. The molecule has 24 heavy (non-hydrogen) atoms. The molecule has 3 rings (SSSR count). The van der Waals surface area contributed by atoms with Gasteiger partial charge < -0.3 is 15.3 Å². The van der Waals surface area contributed by atoms with E-state index in [0.29, 0.717) is 17.9 Å². The summed E-state index contributed by atoms with van der Waals surface area (Å²) >= 11 is 5.95. The number of nitrogens with zero attached hydrogens (tertiary/aromatic N) is 1. The molecule has 0 bridgehead atoms. The molecule has 1 aliphatic heterocycles. The summed E-state index contributed by atoms with van der Waals surface area (Å²) in [5.41, 5.74) is 1.11. The Labute approximate surface area is 147 Å². The Kier molecular flexibility index (Phi) is 5.29. The van der Waals surface area contributed by atoms with Crippen LogP contribution in [0.1, 0.15) is 50.1 Å². The first-order valence-corrected chi connectivity index (χ1v) is 8.98. The summed E-state index contributed by atoms with van der Waals surface area (Å²) in [4.78, 5) is 25.6. The first-order valence-electron chi connectivity index (χ1n) is 8.60. The summed E-state index contributed by atoms with van der Waals surface area (Å²) in [6, 6.07) is 7.83. The van der Waals surface area contributed by atoms with Crippen LogP contribution >= 0.6 is 11.6 Å². The third-order valence-electron chi connectivity index (χ3n) is 5.17. The van der Waals surface area contributed by atoms with Crippen LogP contribution in [-0.4, -0.2) is 34.6 Å². The zero-order valence-electron chi connectivity index (χ0n) is 13.6. The number of halogens is 1. The molecule has 1 aromatic carbocycles. The average Bonchev–Trinajstić information content (AvgIpc) is 3.06. The molecule has 130 valence electrons. The Hall–Kier alpha value is -1.75. The van der Waals surface area contributed by atoms with Crippen molar-refractivity contribution in [3.8, 4) is 0 Å². The van der Waals surface area contributed by atoms with Crippen molar-refractivity contribution >= 4 is 23.6 Å². The lowest BCUT2D eigenvalue weighted by atomic mass is 9.86. The molecule has 5 nitrogen and oxygen atoms in total. The minimum Gasteiger partial charge on any atom is -0.481 e. The molecule has 1 saturated carbocycles. The second kappa shape index (κ2) is 7.43. The van der Waals surface area contributed by atoms with Crippen molar-refractivity contribution in [2.24, 2.45) is 5.92 Å². The van der Waals surface area contributed by atoms with E-state index in [9.17, 15) is 9.59 Å². The number of hydrogen-bond donors (Lipinski definition) is 2. The Morgan fingerprint density at radius 2 is 1.75 bits per heavy atom. The highest BCUT2D eigenvalue weighted by Gasteiger charge is 2.32. The maximum atomic E-state index is 12.7. The predicted octanol–water partition coefficient (Wildman–Crippen LogP) is 3.83. The van der Waals surface area contributed by atoms with Crippen LogP contribution < -0.4 is 5.32 Å². The minimum absolute atomic E-state index is 0.0359. The van der Waals surface area contributed by atoms with E-state index in [2.05, 4.69) is 5.32 Å². The Balaban J connectivity index is 1.58. The minimum atomic E-state index is -0.720. The van der Waals surface area contributed by atoms with E-state index in [4.69, 9.17) is 16.7 Å². The van der Waals surface area contributed by atoms with E-state index in [0.717, 1.165) is 37.8 Å². The van der Waals surface area contributed by atoms with Crippen LogP contribution in [0.15, 0.2) is 24.3 Å². The molecule has 2 fully saturated rings. The zero-order chi connectivity index (χ0) is 17.1. The Morgan fingerprint density at radius 1 is 1.08 bits per heavy atom. The molecule has 1 aliphatic carbocycles. The molecule has 0 aromatic heterocycles. The number of carbonyl (C=O) groups excluding carboxylic acids is 1. The van der Waals surface area contributed by atoms with Crippen LogP contribution in [-0.2, 0) is 4.79 Å². The predicted molar refractivity (Wildman–Crippen MR) is 92.0 cm³/mol. The molecule has 1 aromatic rings. The zero-order valence-corrected chi connectivity index (χ0v) is 14.3.